The fraction of sp³-hybridized carbons (Fsp3) is 0.650. The Morgan fingerprint density at radius 1 is 1.16 bits per heavy atom. The first-order valence-electron chi connectivity index (χ1n) is 9.28. The number of halogens is 1. The summed E-state index contributed by atoms with van der Waals surface area (Å²) >= 11 is 0. The number of ether oxygens (including phenoxy) is 2. The molecule has 1 unspecified atom stereocenters. The van der Waals surface area contributed by atoms with E-state index in [-0.39, 0.29) is 17.6 Å². The Morgan fingerprint density at radius 3 is 2.32 bits per heavy atom. The van der Waals surface area contributed by atoms with Crippen LogP contribution in [0.2, 0.25) is 0 Å². The highest BCUT2D eigenvalue weighted by Crippen LogP contribution is 2.33. The molecular weight excluding hydrogens is 321 g/mol. The van der Waals surface area contributed by atoms with E-state index in [4.69, 9.17) is 9.47 Å². The molecule has 0 bridgehead atoms. The molecule has 0 aromatic heterocycles. The predicted octanol–water partition coefficient (Wildman–Crippen LogP) is 3.71. The first kappa shape index (κ1) is 18.3. The molecule has 3 rings (SSSR count). The monoisotopic (exact) mass is 349 g/mol. The van der Waals surface area contributed by atoms with E-state index in [0.717, 1.165) is 24.8 Å². The number of carbonyl (C=O) groups excluding carboxylic acids is 1. The van der Waals surface area contributed by atoms with Gasteiger partial charge in [0.1, 0.15) is 5.82 Å². The second-order valence-corrected chi connectivity index (χ2v) is 7.57. The minimum Gasteiger partial charge on any atom is -0.347 e. The van der Waals surface area contributed by atoms with Crippen molar-refractivity contribution in [2.75, 3.05) is 26.3 Å². The largest absolute Gasteiger partial charge is 0.347 e. The van der Waals surface area contributed by atoms with E-state index < -0.39 is 5.79 Å². The van der Waals surface area contributed by atoms with Crippen molar-refractivity contribution in [2.45, 2.75) is 51.2 Å². The molecule has 25 heavy (non-hydrogen) atoms. The van der Waals surface area contributed by atoms with Gasteiger partial charge in [0.2, 0.25) is 5.91 Å². The predicted molar refractivity (Wildman–Crippen MR) is 93.7 cm³/mol. The van der Waals surface area contributed by atoms with E-state index in [1.165, 1.54) is 12.1 Å². The van der Waals surface area contributed by atoms with Crippen LogP contribution in [0.25, 0.3) is 0 Å². The Balaban J connectivity index is 1.61. The second-order valence-electron chi connectivity index (χ2n) is 7.57. The van der Waals surface area contributed by atoms with Crippen molar-refractivity contribution in [3.05, 3.63) is 35.6 Å². The summed E-state index contributed by atoms with van der Waals surface area (Å²) in [5.74, 6) is 0.0836. The van der Waals surface area contributed by atoms with E-state index in [9.17, 15) is 9.18 Å². The highest BCUT2D eigenvalue weighted by molar-refractivity contribution is 5.77. The van der Waals surface area contributed by atoms with Gasteiger partial charge in [-0.15, -0.1) is 0 Å². The van der Waals surface area contributed by atoms with Crippen LogP contribution in [0.5, 0.6) is 0 Å². The fourth-order valence-electron chi connectivity index (χ4n) is 3.86. The summed E-state index contributed by atoms with van der Waals surface area (Å²) in [7, 11) is 0. The van der Waals surface area contributed by atoms with Crippen molar-refractivity contribution in [1.82, 2.24) is 4.90 Å². The van der Waals surface area contributed by atoms with Gasteiger partial charge in [0.05, 0.1) is 13.2 Å². The van der Waals surface area contributed by atoms with Crippen molar-refractivity contribution in [3.63, 3.8) is 0 Å². The number of hydrogen-bond donors (Lipinski definition) is 0. The molecule has 0 N–H and O–H groups in total. The van der Waals surface area contributed by atoms with Gasteiger partial charge >= 0.3 is 0 Å². The van der Waals surface area contributed by atoms with Crippen LogP contribution in [-0.4, -0.2) is 42.9 Å². The van der Waals surface area contributed by atoms with Crippen molar-refractivity contribution in [3.8, 4) is 0 Å². The summed E-state index contributed by atoms with van der Waals surface area (Å²) in [5, 5.41) is 0. The molecule has 1 spiro atoms. The normalized spacial score (nSPS) is 21.0. The molecule has 1 amide bonds. The SMILES string of the molecule is CC(C)CC(CC(=O)N1CCC2(CC1)OCCO2)c1ccc(F)cc1. The second kappa shape index (κ2) is 7.83. The Labute approximate surface area is 149 Å². The Morgan fingerprint density at radius 2 is 1.76 bits per heavy atom. The zero-order valence-corrected chi connectivity index (χ0v) is 15.2. The van der Waals surface area contributed by atoms with Crippen LogP contribution in [0.4, 0.5) is 4.39 Å². The van der Waals surface area contributed by atoms with E-state index >= 15 is 0 Å². The van der Waals surface area contributed by atoms with Crippen molar-refractivity contribution in [2.24, 2.45) is 5.92 Å². The molecule has 2 aliphatic heterocycles. The summed E-state index contributed by atoms with van der Waals surface area (Å²) < 4.78 is 24.7. The lowest BCUT2D eigenvalue weighted by Gasteiger charge is -2.38. The summed E-state index contributed by atoms with van der Waals surface area (Å²) in [6.07, 6.45) is 2.87. The molecule has 0 radical (unpaired) electrons. The van der Waals surface area contributed by atoms with Gasteiger partial charge in [-0.1, -0.05) is 26.0 Å². The molecule has 1 atom stereocenters. The average Bonchev–Trinajstić information content (AvgIpc) is 3.03. The number of likely N-dealkylation sites (tertiary alicyclic amines) is 1. The number of piperidine rings is 1. The lowest BCUT2D eigenvalue weighted by molar-refractivity contribution is -0.187. The smallest absolute Gasteiger partial charge is 0.223 e. The van der Waals surface area contributed by atoms with E-state index in [2.05, 4.69) is 13.8 Å². The third-order valence-electron chi connectivity index (χ3n) is 5.21. The lowest BCUT2D eigenvalue weighted by Crippen LogP contribution is -2.47. The number of hydrogen-bond acceptors (Lipinski definition) is 3. The molecular formula is C20H28FNO3. The van der Waals surface area contributed by atoms with Gasteiger partial charge in [0.15, 0.2) is 5.79 Å². The third kappa shape index (κ3) is 4.59. The maximum atomic E-state index is 13.2. The molecule has 0 saturated carbocycles. The van der Waals surface area contributed by atoms with Gasteiger partial charge in [-0.25, -0.2) is 4.39 Å². The topological polar surface area (TPSA) is 38.8 Å². The fourth-order valence-corrected chi connectivity index (χ4v) is 3.86. The number of benzene rings is 1. The van der Waals surface area contributed by atoms with Crippen LogP contribution in [0.1, 0.15) is 51.0 Å². The van der Waals surface area contributed by atoms with E-state index in [1.54, 1.807) is 12.1 Å². The molecule has 2 aliphatic rings. The number of carbonyl (C=O) groups is 1. The molecule has 138 valence electrons. The van der Waals surface area contributed by atoms with Crippen molar-refractivity contribution >= 4 is 5.91 Å². The van der Waals surface area contributed by atoms with Gasteiger partial charge < -0.3 is 14.4 Å². The summed E-state index contributed by atoms with van der Waals surface area (Å²) in [4.78, 5) is 14.7. The van der Waals surface area contributed by atoms with E-state index in [0.29, 0.717) is 38.6 Å². The third-order valence-corrected chi connectivity index (χ3v) is 5.21. The minimum atomic E-state index is -0.453. The molecule has 2 fully saturated rings. The van der Waals surface area contributed by atoms with Crippen molar-refractivity contribution < 1.29 is 18.7 Å². The first-order chi connectivity index (χ1) is 12.0. The van der Waals surface area contributed by atoms with Gasteiger partial charge in [0, 0.05) is 32.4 Å². The Hall–Kier alpha value is -1.46. The zero-order chi connectivity index (χ0) is 17.9. The molecule has 1 aromatic rings. The minimum absolute atomic E-state index is 0.128. The standard InChI is InChI=1S/C20H28FNO3/c1-15(2)13-17(16-3-5-18(21)6-4-16)14-19(23)22-9-7-20(8-10-22)24-11-12-25-20/h3-6,15,17H,7-14H2,1-2H3. The van der Waals surface area contributed by atoms with Crippen LogP contribution in [0.3, 0.4) is 0 Å². The maximum Gasteiger partial charge on any atom is 0.223 e. The summed E-state index contributed by atoms with van der Waals surface area (Å²) in [6.45, 7) is 6.96. The summed E-state index contributed by atoms with van der Waals surface area (Å²) in [5.41, 5.74) is 1.04. The van der Waals surface area contributed by atoms with Gasteiger partial charge in [-0.3, -0.25) is 4.79 Å². The molecule has 2 heterocycles. The quantitative estimate of drug-likeness (QED) is 0.813. The van der Waals surface area contributed by atoms with Crippen molar-refractivity contribution in [1.29, 1.82) is 0 Å². The molecule has 2 saturated heterocycles. The van der Waals surface area contributed by atoms with Crippen LogP contribution in [-0.2, 0) is 14.3 Å². The molecule has 0 aliphatic carbocycles. The Kier molecular flexibility index (Phi) is 5.74. The first-order valence-corrected chi connectivity index (χ1v) is 9.28. The highest BCUT2D eigenvalue weighted by Gasteiger charge is 2.40. The number of amides is 1. The molecule has 5 heteroatoms. The molecule has 1 aromatic carbocycles. The van der Waals surface area contributed by atoms with Crippen LogP contribution in [0.15, 0.2) is 24.3 Å². The highest BCUT2D eigenvalue weighted by atomic mass is 19.1. The van der Waals surface area contributed by atoms with Gasteiger partial charge in [0.25, 0.3) is 0 Å². The Bertz CT molecular complexity index is 571. The maximum absolute atomic E-state index is 13.2. The van der Waals surface area contributed by atoms with Crippen LogP contribution < -0.4 is 0 Å². The van der Waals surface area contributed by atoms with Gasteiger partial charge in [-0.2, -0.15) is 0 Å². The number of nitrogens with zero attached hydrogens (tertiary/aromatic N) is 1. The summed E-state index contributed by atoms with van der Waals surface area (Å²) in [6, 6.07) is 6.57. The van der Waals surface area contributed by atoms with Crippen LogP contribution >= 0.6 is 0 Å². The number of rotatable bonds is 5. The zero-order valence-electron chi connectivity index (χ0n) is 15.2. The van der Waals surface area contributed by atoms with Crippen LogP contribution in [0, 0.1) is 11.7 Å². The average molecular weight is 349 g/mol. The lowest BCUT2D eigenvalue weighted by atomic mass is 9.87. The van der Waals surface area contributed by atoms with E-state index in [1.807, 2.05) is 4.90 Å². The molecule has 4 nitrogen and oxygen atoms in total. The van der Waals surface area contributed by atoms with Gasteiger partial charge in [-0.05, 0) is 36.0 Å².